The number of anilines is 2. The standard InChI is InChI=1S/C20H22F2N6O2/c1-26(9-10-29)20(30)24-19-12-23-17-6-7-18(25-28(17)19)27-8-2-3-16(27)14-11-13(21)4-5-15(14)22/h4-7,11-12,16,29H,2-3,8-10H2,1H3,(H,24,30). The molecule has 10 heteroatoms. The Balaban J connectivity index is 1.64. The lowest BCUT2D eigenvalue weighted by atomic mass is 10.0. The van der Waals surface area contributed by atoms with E-state index in [0.717, 1.165) is 18.6 Å². The normalized spacial score (nSPS) is 16.3. The van der Waals surface area contributed by atoms with Crippen molar-refractivity contribution in [2.24, 2.45) is 0 Å². The Morgan fingerprint density at radius 2 is 2.17 bits per heavy atom. The number of hydrogen-bond donors (Lipinski definition) is 2. The molecule has 0 aliphatic carbocycles. The first kappa shape index (κ1) is 20.0. The monoisotopic (exact) mass is 416 g/mol. The number of benzene rings is 1. The van der Waals surface area contributed by atoms with Crippen molar-refractivity contribution in [3.8, 4) is 0 Å². The van der Waals surface area contributed by atoms with Gasteiger partial charge < -0.3 is 14.9 Å². The van der Waals surface area contributed by atoms with Crippen LogP contribution in [0.5, 0.6) is 0 Å². The fraction of sp³-hybridized carbons (Fsp3) is 0.350. The Hall–Kier alpha value is -3.27. The largest absolute Gasteiger partial charge is 0.395 e. The second kappa shape index (κ2) is 8.23. The van der Waals surface area contributed by atoms with E-state index in [1.807, 2.05) is 4.90 Å². The van der Waals surface area contributed by atoms with E-state index in [9.17, 15) is 13.6 Å². The van der Waals surface area contributed by atoms with Gasteiger partial charge in [-0.2, -0.15) is 4.52 Å². The van der Waals surface area contributed by atoms with E-state index >= 15 is 0 Å². The quantitative estimate of drug-likeness (QED) is 0.668. The number of likely N-dealkylation sites (N-methyl/N-ethyl adjacent to an activating group) is 1. The van der Waals surface area contributed by atoms with Gasteiger partial charge in [0.2, 0.25) is 0 Å². The topological polar surface area (TPSA) is 86.0 Å². The summed E-state index contributed by atoms with van der Waals surface area (Å²) in [4.78, 5) is 19.7. The molecule has 158 valence electrons. The van der Waals surface area contributed by atoms with Crippen LogP contribution < -0.4 is 10.2 Å². The predicted octanol–water partition coefficient (Wildman–Crippen LogP) is 2.81. The van der Waals surface area contributed by atoms with E-state index in [2.05, 4.69) is 15.4 Å². The van der Waals surface area contributed by atoms with Gasteiger partial charge in [-0.1, -0.05) is 0 Å². The van der Waals surface area contributed by atoms with Crippen molar-refractivity contribution in [1.82, 2.24) is 19.5 Å². The number of aliphatic hydroxyl groups is 1. The number of carbonyl (C=O) groups excluding carboxylic acids is 1. The number of nitrogens with one attached hydrogen (secondary N) is 1. The third-order valence-electron chi connectivity index (χ3n) is 5.23. The SMILES string of the molecule is CN(CCO)C(=O)Nc1cnc2ccc(N3CCCC3c3cc(F)ccc3F)nn12. The maximum absolute atomic E-state index is 14.4. The Bertz CT molecular complexity index is 1070. The van der Waals surface area contributed by atoms with Gasteiger partial charge in [0.25, 0.3) is 0 Å². The van der Waals surface area contributed by atoms with E-state index < -0.39 is 17.7 Å². The lowest BCUT2D eigenvalue weighted by molar-refractivity contribution is 0.202. The van der Waals surface area contributed by atoms with Crippen LogP contribution in [0.15, 0.2) is 36.5 Å². The van der Waals surface area contributed by atoms with Crippen LogP contribution in [-0.2, 0) is 0 Å². The van der Waals surface area contributed by atoms with Gasteiger partial charge in [-0.3, -0.25) is 5.32 Å². The smallest absolute Gasteiger partial charge is 0.322 e. The Morgan fingerprint density at radius 1 is 1.33 bits per heavy atom. The maximum atomic E-state index is 14.4. The van der Waals surface area contributed by atoms with E-state index in [1.165, 1.54) is 21.7 Å². The molecule has 1 aliphatic heterocycles. The molecule has 0 radical (unpaired) electrons. The van der Waals surface area contributed by atoms with Crippen LogP contribution >= 0.6 is 0 Å². The van der Waals surface area contributed by atoms with Crippen LogP contribution in [0, 0.1) is 11.6 Å². The van der Waals surface area contributed by atoms with Gasteiger partial charge in [0, 0.05) is 25.7 Å². The van der Waals surface area contributed by atoms with Crippen molar-refractivity contribution in [1.29, 1.82) is 0 Å². The molecule has 1 saturated heterocycles. The second-order valence-electron chi connectivity index (χ2n) is 7.20. The number of carbonyl (C=O) groups is 1. The summed E-state index contributed by atoms with van der Waals surface area (Å²) in [6, 6.07) is 6.29. The first-order chi connectivity index (χ1) is 14.5. The fourth-order valence-electron chi connectivity index (χ4n) is 3.69. The molecule has 1 aliphatic rings. The molecule has 3 heterocycles. The highest BCUT2D eigenvalue weighted by molar-refractivity contribution is 5.88. The van der Waals surface area contributed by atoms with E-state index in [1.54, 1.807) is 19.2 Å². The minimum atomic E-state index is -0.478. The molecule has 0 bridgehead atoms. The molecule has 4 rings (SSSR count). The predicted molar refractivity (Wildman–Crippen MR) is 107 cm³/mol. The van der Waals surface area contributed by atoms with Gasteiger partial charge in [-0.05, 0) is 43.2 Å². The molecular formula is C20H22F2N6O2. The molecular weight excluding hydrogens is 394 g/mol. The number of nitrogens with zero attached hydrogens (tertiary/aromatic N) is 5. The molecule has 2 aromatic heterocycles. The van der Waals surface area contributed by atoms with Crippen LogP contribution in [-0.4, -0.2) is 57.4 Å². The molecule has 1 unspecified atom stereocenters. The van der Waals surface area contributed by atoms with Crippen molar-refractivity contribution in [2.75, 3.05) is 37.0 Å². The molecule has 2 amide bonds. The number of hydrogen-bond acceptors (Lipinski definition) is 5. The van der Waals surface area contributed by atoms with Crippen molar-refractivity contribution in [3.05, 3.63) is 53.7 Å². The zero-order chi connectivity index (χ0) is 21.3. The van der Waals surface area contributed by atoms with Crippen LogP contribution in [0.4, 0.5) is 25.2 Å². The van der Waals surface area contributed by atoms with Gasteiger partial charge in [-0.15, -0.1) is 5.10 Å². The third kappa shape index (κ3) is 3.78. The van der Waals surface area contributed by atoms with Crippen molar-refractivity contribution < 1.29 is 18.7 Å². The first-order valence-electron chi connectivity index (χ1n) is 9.67. The molecule has 30 heavy (non-hydrogen) atoms. The zero-order valence-corrected chi connectivity index (χ0v) is 16.4. The van der Waals surface area contributed by atoms with Gasteiger partial charge in [0.15, 0.2) is 11.5 Å². The summed E-state index contributed by atoms with van der Waals surface area (Å²) < 4.78 is 29.6. The van der Waals surface area contributed by atoms with Gasteiger partial charge in [0.1, 0.15) is 17.5 Å². The Kier molecular flexibility index (Phi) is 5.49. The summed E-state index contributed by atoms with van der Waals surface area (Å²) in [7, 11) is 1.57. The third-order valence-corrected chi connectivity index (χ3v) is 5.23. The number of halogens is 2. The summed E-state index contributed by atoms with van der Waals surface area (Å²) in [6.45, 7) is 0.692. The first-order valence-corrected chi connectivity index (χ1v) is 9.67. The molecule has 1 atom stereocenters. The average molecular weight is 416 g/mol. The van der Waals surface area contributed by atoms with Crippen LogP contribution in [0.1, 0.15) is 24.4 Å². The van der Waals surface area contributed by atoms with Gasteiger partial charge >= 0.3 is 6.03 Å². The summed E-state index contributed by atoms with van der Waals surface area (Å²) >= 11 is 0. The van der Waals surface area contributed by atoms with E-state index in [4.69, 9.17) is 5.11 Å². The fourth-order valence-corrected chi connectivity index (χ4v) is 3.69. The summed E-state index contributed by atoms with van der Waals surface area (Å²) in [6.07, 6.45) is 2.99. The molecule has 8 nitrogen and oxygen atoms in total. The maximum Gasteiger partial charge on any atom is 0.322 e. The second-order valence-corrected chi connectivity index (χ2v) is 7.20. The van der Waals surface area contributed by atoms with Crippen LogP contribution in [0.3, 0.4) is 0 Å². The highest BCUT2D eigenvalue weighted by Crippen LogP contribution is 2.36. The zero-order valence-electron chi connectivity index (χ0n) is 16.4. The minimum Gasteiger partial charge on any atom is -0.395 e. The number of imidazole rings is 1. The molecule has 1 fully saturated rings. The number of aromatic nitrogens is 3. The molecule has 2 N–H and O–H groups in total. The lowest BCUT2D eigenvalue weighted by Gasteiger charge is -2.26. The minimum absolute atomic E-state index is 0.146. The van der Waals surface area contributed by atoms with Crippen molar-refractivity contribution >= 4 is 23.3 Å². The molecule has 3 aromatic rings. The lowest BCUT2D eigenvalue weighted by Crippen LogP contribution is -2.34. The highest BCUT2D eigenvalue weighted by atomic mass is 19.1. The number of aliphatic hydroxyl groups excluding tert-OH is 1. The van der Waals surface area contributed by atoms with Crippen molar-refractivity contribution in [2.45, 2.75) is 18.9 Å². The number of urea groups is 1. The number of rotatable bonds is 5. The molecule has 0 saturated carbocycles. The molecule has 0 spiro atoms. The number of amides is 2. The van der Waals surface area contributed by atoms with Crippen molar-refractivity contribution in [3.63, 3.8) is 0 Å². The summed E-state index contributed by atoms with van der Waals surface area (Å²) in [5.41, 5.74) is 0.839. The summed E-state index contributed by atoms with van der Waals surface area (Å²) in [5, 5.41) is 16.3. The Labute approximate surface area is 171 Å². The van der Waals surface area contributed by atoms with E-state index in [-0.39, 0.29) is 19.2 Å². The van der Waals surface area contributed by atoms with Gasteiger partial charge in [-0.25, -0.2) is 18.6 Å². The highest BCUT2D eigenvalue weighted by Gasteiger charge is 2.30. The van der Waals surface area contributed by atoms with Crippen LogP contribution in [0.2, 0.25) is 0 Å². The van der Waals surface area contributed by atoms with Gasteiger partial charge in [0.05, 0.1) is 18.8 Å². The average Bonchev–Trinajstić information content (AvgIpc) is 3.37. The van der Waals surface area contributed by atoms with Crippen LogP contribution in [0.25, 0.3) is 5.65 Å². The Morgan fingerprint density at radius 3 is 2.97 bits per heavy atom. The molecule has 1 aromatic carbocycles. The summed E-state index contributed by atoms with van der Waals surface area (Å²) in [5.74, 6) is 0.0188. The number of fused-ring (bicyclic) bond motifs is 1. The van der Waals surface area contributed by atoms with E-state index in [0.29, 0.717) is 35.8 Å².